The van der Waals surface area contributed by atoms with Crippen LogP contribution in [0.15, 0.2) is 50.4 Å². The summed E-state index contributed by atoms with van der Waals surface area (Å²) in [5.74, 6) is -0.441. The molecule has 10 heteroatoms. The van der Waals surface area contributed by atoms with Crippen molar-refractivity contribution < 1.29 is 24.0 Å². The number of nitro benzene ring substituents is 1. The number of furan rings is 1. The number of nitrogens with one attached hydrogen (secondary N) is 1. The lowest BCUT2D eigenvalue weighted by molar-refractivity contribution is -0.384. The van der Waals surface area contributed by atoms with Gasteiger partial charge >= 0.3 is 5.91 Å². The molecule has 9 nitrogen and oxygen atoms in total. The van der Waals surface area contributed by atoms with Crippen molar-refractivity contribution in [2.24, 2.45) is 5.10 Å². The standard InChI is InChI=1S/C17H12BrN3O6/c1-26-15-6-10(12(18)7-13(15)22)8-19-20-17(23)16-5-9-4-11(21(24)25)2-3-14(9)27-16/h2-8,22H,1H3,(H,20,23). The van der Waals surface area contributed by atoms with Crippen LogP contribution >= 0.6 is 15.9 Å². The van der Waals surface area contributed by atoms with Gasteiger partial charge in [-0.25, -0.2) is 5.43 Å². The zero-order valence-corrected chi connectivity index (χ0v) is 15.4. The number of hydrazone groups is 1. The Morgan fingerprint density at radius 2 is 2.15 bits per heavy atom. The molecule has 1 amide bonds. The predicted molar refractivity (Wildman–Crippen MR) is 100 cm³/mol. The van der Waals surface area contributed by atoms with Crippen molar-refractivity contribution in [3.8, 4) is 11.5 Å². The number of halogens is 1. The van der Waals surface area contributed by atoms with Gasteiger partial charge in [0.2, 0.25) is 0 Å². The van der Waals surface area contributed by atoms with Crippen molar-refractivity contribution >= 4 is 44.7 Å². The van der Waals surface area contributed by atoms with Gasteiger partial charge in [0.1, 0.15) is 5.58 Å². The first-order chi connectivity index (χ1) is 12.9. The summed E-state index contributed by atoms with van der Waals surface area (Å²) in [7, 11) is 1.41. The minimum atomic E-state index is -0.619. The number of methoxy groups -OCH3 is 1. The van der Waals surface area contributed by atoms with Crippen LogP contribution in [0.4, 0.5) is 5.69 Å². The number of nitro groups is 1. The lowest BCUT2D eigenvalue weighted by Gasteiger charge is -2.06. The van der Waals surface area contributed by atoms with E-state index in [0.29, 0.717) is 21.0 Å². The van der Waals surface area contributed by atoms with E-state index in [2.05, 4.69) is 26.5 Å². The molecule has 2 aromatic carbocycles. The first-order valence-electron chi connectivity index (χ1n) is 7.47. The fraction of sp³-hybridized carbons (Fsp3) is 0.0588. The zero-order chi connectivity index (χ0) is 19.6. The Bertz CT molecular complexity index is 1080. The van der Waals surface area contributed by atoms with E-state index in [4.69, 9.17) is 9.15 Å². The molecule has 138 valence electrons. The highest BCUT2D eigenvalue weighted by atomic mass is 79.9. The quantitative estimate of drug-likeness (QED) is 0.359. The van der Waals surface area contributed by atoms with Gasteiger partial charge in [0.05, 0.1) is 18.2 Å². The van der Waals surface area contributed by atoms with Crippen molar-refractivity contribution in [3.05, 3.63) is 62.3 Å². The number of non-ortho nitro benzene ring substituents is 1. The molecule has 27 heavy (non-hydrogen) atoms. The van der Waals surface area contributed by atoms with E-state index < -0.39 is 10.8 Å². The van der Waals surface area contributed by atoms with E-state index in [-0.39, 0.29) is 22.9 Å². The second-order valence-corrected chi connectivity index (χ2v) is 6.19. The van der Waals surface area contributed by atoms with E-state index in [0.717, 1.165) is 0 Å². The summed E-state index contributed by atoms with van der Waals surface area (Å²) in [6.45, 7) is 0. The van der Waals surface area contributed by atoms with Crippen LogP contribution in [0.2, 0.25) is 0 Å². The number of carbonyl (C=O) groups is 1. The van der Waals surface area contributed by atoms with Crippen LogP contribution in [0.5, 0.6) is 11.5 Å². The molecule has 3 aromatic rings. The molecule has 0 aliphatic rings. The number of benzene rings is 2. The molecule has 2 N–H and O–H groups in total. The topological polar surface area (TPSA) is 127 Å². The molecular formula is C17H12BrN3O6. The van der Waals surface area contributed by atoms with E-state index >= 15 is 0 Å². The molecule has 0 saturated carbocycles. The second-order valence-electron chi connectivity index (χ2n) is 5.33. The Kier molecular flexibility index (Phi) is 5.08. The summed E-state index contributed by atoms with van der Waals surface area (Å²) >= 11 is 3.27. The fourth-order valence-electron chi connectivity index (χ4n) is 2.29. The average Bonchev–Trinajstić information content (AvgIpc) is 3.06. The molecule has 1 heterocycles. The summed E-state index contributed by atoms with van der Waals surface area (Å²) in [6, 6.07) is 8.41. The normalized spacial score (nSPS) is 11.0. The summed E-state index contributed by atoms with van der Waals surface area (Å²) in [6.07, 6.45) is 1.36. The molecule has 0 aliphatic heterocycles. The summed E-state index contributed by atoms with van der Waals surface area (Å²) < 4.78 is 10.9. The van der Waals surface area contributed by atoms with E-state index in [9.17, 15) is 20.0 Å². The number of aromatic hydroxyl groups is 1. The largest absolute Gasteiger partial charge is 0.504 e. The molecule has 0 bridgehead atoms. The monoisotopic (exact) mass is 433 g/mol. The zero-order valence-electron chi connectivity index (χ0n) is 13.8. The van der Waals surface area contributed by atoms with E-state index in [1.54, 1.807) is 0 Å². The lowest BCUT2D eigenvalue weighted by Crippen LogP contribution is -2.16. The Morgan fingerprint density at radius 3 is 2.85 bits per heavy atom. The Balaban J connectivity index is 1.77. The van der Waals surface area contributed by atoms with Crippen LogP contribution in [0.25, 0.3) is 11.0 Å². The lowest BCUT2D eigenvalue weighted by atomic mass is 10.2. The summed E-state index contributed by atoms with van der Waals surface area (Å²) in [5, 5.41) is 24.8. The second kappa shape index (κ2) is 7.46. The maximum atomic E-state index is 12.2. The number of amides is 1. The van der Waals surface area contributed by atoms with Gasteiger partial charge < -0.3 is 14.3 Å². The van der Waals surface area contributed by atoms with Crippen molar-refractivity contribution in [2.45, 2.75) is 0 Å². The maximum Gasteiger partial charge on any atom is 0.307 e. The molecule has 0 atom stereocenters. The molecule has 0 aliphatic carbocycles. The van der Waals surface area contributed by atoms with E-state index in [1.807, 2.05) is 0 Å². The third kappa shape index (κ3) is 3.90. The fourth-order valence-corrected chi connectivity index (χ4v) is 2.73. The van der Waals surface area contributed by atoms with Crippen LogP contribution in [-0.2, 0) is 0 Å². The Hall–Kier alpha value is -3.40. The van der Waals surface area contributed by atoms with Gasteiger partial charge in [-0.05, 0) is 40.2 Å². The van der Waals surface area contributed by atoms with Crippen molar-refractivity contribution in [2.75, 3.05) is 7.11 Å². The minimum Gasteiger partial charge on any atom is -0.504 e. The molecule has 1 aromatic heterocycles. The third-order valence-corrected chi connectivity index (χ3v) is 4.29. The van der Waals surface area contributed by atoms with Crippen LogP contribution in [0, 0.1) is 10.1 Å². The number of hydrogen-bond donors (Lipinski definition) is 2. The Labute approximate surface area is 160 Å². The number of phenolic OH excluding ortho intramolecular Hbond substituents is 1. The summed E-state index contributed by atoms with van der Waals surface area (Å²) in [4.78, 5) is 22.4. The number of rotatable bonds is 5. The minimum absolute atomic E-state index is 0.0370. The maximum absolute atomic E-state index is 12.2. The van der Waals surface area contributed by atoms with Gasteiger partial charge in [-0.1, -0.05) is 0 Å². The third-order valence-electron chi connectivity index (χ3n) is 3.60. The highest BCUT2D eigenvalue weighted by Gasteiger charge is 2.14. The van der Waals surface area contributed by atoms with Gasteiger partial charge in [-0.2, -0.15) is 5.10 Å². The number of nitrogens with zero attached hydrogens (tertiary/aromatic N) is 2. The first-order valence-corrected chi connectivity index (χ1v) is 8.26. The Morgan fingerprint density at radius 1 is 1.37 bits per heavy atom. The van der Waals surface area contributed by atoms with Gasteiger partial charge in [-0.3, -0.25) is 14.9 Å². The van der Waals surface area contributed by atoms with Crippen LogP contribution in [0.1, 0.15) is 16.1 Å². The highest BCUT2D eigenvalue weighted by molar-refractivity contribution is 9.10. The number of ether oxygens (including phenoxy) is 1. The van der Waals surface area contributed by atoms with Crippen molar-refractivity contribution in [1.82, 2.24) is 5.43 Å². The van der Waals surface area contributed by atoms with Crippen LogP contribution < -0.4 is 10.2 Å². The SMILES string of the molecule is COc1cc(C=NNC(=O)c2cc3cc([N+](=O)[O-])ccc3o2)c(Br)cc1O. The molecular weight excluding hydrogens is 422 g/mol. The first kappa shape index (κ1) is 18.4. The summed E-state index contributed by atoms with van der Waals surface area (Å²) in [5.41, 5.74) is 3.11. The van der Waals surface area contributed by atoms with Gasteiger partial charge in [0, 0.05) is 27.6 Å². The predicted octanol–water partition coefficient (Wildman–Crippen LogP) is 3.58. The molecule has 3 rings (SSSR count). The highest BCUT2D eigenvalue weighted by Crippen LogP contribution is 2.31. The molecule has 0 unspecified atom stereocenters. The molecule has 0 fully saturated rings. The molecule has 0 spiro atoms. The van der Waals surface area contributed by atoms with Crippen LogP contribution in [0.3, 0.4) is 0 Å². The number of hydrogen-bond acceptors (Lipinski definition) is 7. The van der Waals surface area contributed by atoms with Gasteiger partial charge in [0.25, 0.3) is 5.69 Å². The van der Waals surface area contributed by atoms with Crippen LogP contribution in [-0.4, -0.2) is 29.3 Å². The number of carbonyl (C=O) groups excluding carboxylic acids is 1. The smallest absolute Gasteiger partial charge is 0.307 e. The van der Waals surface area contributed by atoms with E-state index in [1.165, 1.54) is 49.7 Å². The van der Waals surface area contributed by atoms with Crippen molar-refractivity contribution in [1.29, 1.82) is 0 Å². The van der Waals surface area contributed by atoms with Gasteiger partial charge in [0.15, 0.2) is 17.3 Å². The number of phenols is 1. The number of fused-ring (bicyclic) bond motifs is 1. The van der Waals surface area contributed by atoms with Crippen molar-refractivity contribution in [3.63, 3.8) is 0 Å². The molecule has 0 radical (unpaired) electrons. The van der Waals surface area contributed by atoms with Gasteiger partial charge in [-0.15, -0.1) is 0 Å². The average molecular weight is 434 g/mol. The molecule has 0 saturated heterocycles.